The molecule has 0 aliphatic carbocycles. The van der Waals surface area contributed by atoms with Crippen LogP contribution in [-0.4, -0.2) is 29.8 Å². The van der Waals surface area contributed by atoms with E-state index in [-0.39, 0.29) is 18.6 Å². The number of carbonyl (C=O) groups is 1. The van der Waals surface area contributed by atoms with Crippen LogP contribution >= 0.6 is 0 Å². The zero-order valence-corrected chi connectivity index (χ0v) is 10.6. The topological polar surface area (TPSA) is 58.6 Å². The van der Waals surface area contributed by atoms with Crippen molar-refractivity contribution < 1.29 is 14.6 Å². The van der Waals surface area contributed by atoms with Crippen LogP contribution in [0.3, 0.4) is 0 Å². The molecule has 2 atom stereocenters. The van der Waals surface area contributed by atoms with E-state index >= 15 is 0 Å². The van der Waals surface area contributed by atoms with Gasteiger partial charge in [-0.25, -0.2) is 0 Å². The molecule has 1 aromatic carbocycles. The molecule has 1 aliphatic heterocycles. The second-order valence-electron chi connectivity index (χ2n) is 4.80. The van der Waals surface area contributed by atoms with Crippen LogP contribution < -0.4 is 5.32 Å². The molecule has 4 heteroatoms. The quantitative estimate of drug-likeness (QED) is 0.848. The first-order valence-corrected chi connectivity index (χ1v) is 6.26. The normalized spacial score (nSPS) is 24.8. The number of ether oxygens (including phenoxy) is 1. The maximum absolute atomic E-state index is 12.2. The summed E-state index contributed by atoms with van der Waals surface area (Å²) in [4.78, 5) is 12.2. The minimum atomic E-state index is -0.748. The van der Waals surface area contributed by atoms with Gasteiger partial charge in [0.05, 0.1) is 12.6 Å². The van der Waals surface area contributed by atoms with Crippen LogP contribution in [0, 0.1) is 0 Å². The van der Waals surface area contributed by atoms with Crippen molar-refractivity contribution in [3.05, 3.63) is 35.9 Å². The zero-order valence-electron chi connectivity index (χ0n) is 10.6. The molecule has 98 valence electrons. The first kappa shape index (κ1) is 13.1. The molecule has 1 unspecified atom stereocenters. The molecule has 1 amide bonds. The Kier molecular flexibility index (Phi) is 3.99. The Hall–Kier alpha value is -1.39. The van der Waals surface area contributed by atoms with Gasteiger partial charge < -0.3 is 15.2 Å². The van der Waals surface area contributed by atoms with Gasteiger partial charge >= 0.3 is 0 Å². The lowest BCUT2D eigenvalue weighted by molar-refractivity contribution is -0.140. The molecule has 1 heterocycles. The minimum Gasteiger partial charge on any atom is -0.394 e. The van der Waals surface area contributed by atoms with Gasteiger partial charge in [0, 0.05) is 6.61 Å². The van der Waals surface area contributed by atoms with Gasteiger partial charge in [-0.2, -0.15) is 0 Å². The van der Waals surface area contributed by atoms with E-state index in [1.54, 1.807) is 6.92 Å². The second-order valence-corrected chi connectivity index (χ2v) is 4.80. The number of carbonyl (C=O) groups excluding carboxylic acids is 1. The second kappa shape index (κ2) is 5.50. The molecule has 18 heavy (non-hydrogen) atoms. The van der Waals surface area contributed by atoms with E-state index in [1.165, 1.54) is 0 Å². The van der Waals surface area contributed by atoms with Gasteiger partial charge in [0.15, 0.2) is 0 Å². The summed E-state index contributed by atoms with van der Waals surface area (Å²) in [6, 6.07) is 9.08. The van der Waals surface area contributed by atoms with Crippen LogP contribution in [0.5, 0.6) is 0 Å². The first-order valence-electron chi connectivity index (χ1n) is 6.26. The van der Waals surface area contributed by atoms with Crippen molar-refractivity contribution in [1.29, 1.82) is 0 Å². The number of hydrogen-bond acceptors (Lipinski definition) is 3. The Morgan fingerprint density at radius 1 is 1.50 bits per heavy atom. The van der Waals surface area contributed by atoms with E-state index in [1.807, 2.05) is 30.3 Å². The van der Waals surface area contributed by atoms with Crippen LogP contribution in [0.25, 0.3) is 0 Å². The number of hydrogen-bond donors (Lipinski definition) is 2. The summed E-state index contributed by atoms with van der Waals surface area (Å²) in [5.74, 6) is -0.150. The summed E-state index contributed by atoms with van der Waals surface area (Å²) in [6.45, 7) is 2.31. The fourth-order valence-corrected chi connectivity index (χ4v) is 2.19. The van der Waals surface area contributed by atoms with Crippen LogP contribution in [0.15, 0.2) is 30.3 Å². The van der Waals surface area contributed by atoms with E-state index in [0.717, 1.165) is 18.4 Å². The fraction of sp³-hybridized carbons (Fsp3) is 0.500. The van der Waals surface area contributed by atoms with Gasteiger partial charge in [0.25, 0.3) is 5.91 Å². The van der Waals surface area contributed by atoms with Crippen molar-refractivity contribution in [2.45, 2.75) is 31.4 Å². The number of aliphatic hydroxyl groups is 1. The fourth-order valence-electron chi connectivity index (χ4n) is 2.19. The van der Waals surface area contributed by atoms with Crippen molar-refractivity contribution in [3.63, 3.8) is 0 Å². The van der Waals surface area contributed by atoms with Gasteiger partial charge in [-0.3, -0.25) is 4.79 Å². The Bertz CT molecular complexity index is 399. The first-order chi connectivity index (χ1) is 8.65. The summed E-state index contributed by atoms with van der Waals surface area (Å²) >= 11 is 0. The van der Waals surface area contributed by atoms with E-state index in [2.05, 4.69) is 5.32 Å². The maximum Gasteiger partial charge on any atom is 0.252 e. The van der Waals surface area contributed by atoms with Crippen LogP contribution in [0.1, 0.15) is 31.4 Å². The van der Waals surface area contributed by atoms with Gasteiger partial charge in [0.2, 0.25) is 0 Å². The molecule has 4 nitrogen and oxygen atoms in total. The Morgan fingerprint density at radius 2 is 2.22 bits per heavy atom. The van der Waals surface area contributed by atoms with E-state index in [0.29, 0.717) is 6.61 Å². The van der Waals surface area contributed by atoms with E-state index < -0.39 is 5.60 Å². The van der Waals surface area contributed by atoms with Crippen LogP contribution in [0.4, 0.5) is 0 Å². The minimum absolute atomic E-state index is 0.119. The molecule has 0 aromatic heterocycles. The summed E-state index contributed by atoms with van der Waals surface area (Å²) in [6.07, 6.45) is 1.63. The molecule has 1 aliphatic rings. The average Bonchev–Trinajstić information content (AvgIpc) is 2.85. The molecular formula is C14H19NO3. The third-order valence-corrected chi connectivity index (χ3v) is 3.39. The molecule has 2 N–H and O–H groups in total. The highest BCUT2D eigenvalue weighted by atomic mass is 16.5. The molecule has 0 radical (unpaired) electrons. The SMILES string of the molecule is CC1(C(=O)N[C@H](CO)c2ccccc2)CCCO1. The highest BCUT2D eigenvalue weighted by Gasteiger charge is 2.38. The molecular weight excluding hydrogens is 230 g/mol. The van der Waals surface area contributed by atoms with Crippen LogP contribution in [0.2, 0.25) is 0 Å². The lowest BCUT2D eigenvalue weighted by Crippen LogP contribution is -2.46. The van der Waals surface area contributed by atoms with E-state index in [4.69, 9.17) is 4.74 Å². The Balaban J connectivity index is 2.05. The van der Waals surface area contributed by atoms with Crippen molar-refractivity contribution in [3.8, 4) is 0 Å². The van der Waals surface area contributed by atoms with Crippen molar-refractivity contribution in [2.24, 2.45) is 0 Å². The molecule has 0 spiro atoms. The molecule has 0 saturated carbocycles. The average molecular weight is 249 g/mol. The number of amides is 1. The monoisotopic (exact) mass is 249 g/mol. The summed E-state index contributed by atoms with van der Waals surface area (Å²) in [5, 5.41) is 12.3. The van der Waals surface area contributed by atoms with Gasteiger partial charge in [0.1, 0.15) is 5.60 Å². The highest BCUT2D eigenvalue weighted by molar-refractivity contribution is 5.85. The van der Waals surface area contributed by atoms with Crippen molar-refractivity contribution in [1.82, 2.24) is 5.32 Å². The van der Waals surface area contributed by atoms with Gasteiger partial charge in [-0.15, -0.1) is 0 Å². The number of benzene rings is 1. The predicted molar refractivity (Wildman–Crippen MR) is 68.0 cm³/mol. The molecule has 2 rings (SSSR count). The van der Waals surface area contributed by atoms with E-state index in [9.17, 15) is 9.90 Å². The molecule has 1 saturated heterocycles. The third kappa shape index (κ3) is 2.71. The summed E-state index contributed by atoms with van der Waals surface area (Å²) < 4.78 is 5.49. The molecule has 1 fully saturated rings. The Morgan fingerprint density at radius 3 is 2.78 bits per heavy atom. The van der Waals surface area contributed by atoms with Crippen LogP contribution in [-0.2, 0) is 9.53 Å². The molecule has 1 aromatic rings. The highest BCUT2D eigenvalue weighted by Crippen LogP contribution is 2.26. The number of aliphatic hydroxyl groups excluding tert-OH is 1. The maximum atomic E-state index is 12.2. The van der Waals surface area contributed by atoms with Crippen molar-refractivity contribution in [2.75, 3.05) is 13.2 Å². The summed E-state index contributed by atoms with van der Waals surface area (Å²) in [5.41, 5.74) is 0.150. The van der Waals surface area contributed by atoms with Crippen molar-refractivity contribution >= 4 is 5.91 Å². The zero-order chi connectivity index (χ0) is 13.0. The van der Waals surface area contributed by atoms with Gasteiger partial charge in [-0.1, -0.05) is 30.3 Å². The Labute approximate surface area is 107 Å². The number of rotatable bonds is 4. The smallest absolute Gasteiger partial charge is 0.252 e. The molecule has 0 bridgehead atoms. The lowest BCUT2D eigenvalue weighted by Gasteiger charge is -2.25. The third-order valence-electron chi connectivity index (χ3n) is 3.39. The predicted octanol–water partition coefficient (Wildman–Crippen LogP) is 1.41. The standard InChI is InChI=1S/C14H19NO3/c1-14(8-5-9-18-14)13(17)15-12(10-16)11-6-3-2-4-7-11/h2-4,6-7,12,16H,5,8-10H2,1H3,(H,15,17)/t12-,14?/m1/s1. The number of nitrogens with one attached hydrogen (secondary N) is 1. The largest absolute Gasteiger partial charge is 0.394 e. The van der Waals surface area contributed by atoms with Gasteiger partial charge in [-0.05, 0) is 25.3 Å². The summed E-state index contributed by atoms with van der Waals surface area (Å²) in [7, 11) is 0. The lowest BCUT2D eigenvalue weighted by atomic mass is 10.00.